The predicted octanol–water partition coefficient (Wildman–Crippen LogP) is 5.45. The molecule has 0 unspecified atom stereocenters. The van der Waals surface area contributed by atoms with Crippen LogP contribution < -0.4 is 20.3 Å². The molecule has 4 aromatic rings. The fraction of sp³-hybridized carbons (Fsp3) is 0.346. The lowest BCUT2D eigenvalue weighted by molar-refractivity contribution is -0.114. The zero-order valence-electron chi connectivity index (χ0n) is 21.0. The summed E-state index contributed by atoms with van der Waals surface area (Å²) in [5.74, 6) is 1.49. The number of hydrogen-bond donors (Lipinski definition) is 2. The quantitative estimate of drug-likeness (QED) is 0.340. The summed E-state index contributed by atoms with van der Waals surface area (Å²) in [5.41, 5.74) is 3.64. The maximum absolute atomic E-state index is 12.6. The summed E-state index contributed by atoms with van der Waals surface area (Å²) < 4.78 is 7.28. The summed E-state index contributed by atoms with van der Waals surface area (Å²) >= 11 is 1.45. The van der Waals surface area contributed by atoms with E-state index in [1.165, 1.54) is 16.9 Å². The van der Waals surface area contributed by atoms with Crippen molar-refractivity contribution in [2.45, 2.75) is 40.2 Å². The number of rotatable bonds is 8. The molecule has 4 rings (SSSR count). The number of fused-ring (bicyclic) bond motifs is 1. The first-order chi connectivity index (χ1) is 16.6. The van der Waals surface area contributed by atoms with E-state index in [9.17, 15) is 4.79 Å². The minimum atomic E-state index is -0.178. The number of carbonyl (C=O) groups is 1. The molecule has 2 N–H and O–H groups in total. The second kappa shape index (κ2) is 9.95. The van der Waals surface area contributed by atoms with Gasteiger partial charge in [0.15, 0.2) is 5.82 Å². The van der Waals surface area contributed by atoms with Gasteiger partial charge in [0.25, 0.3) is 0 Å². The first-order valence-electron chi connectivity index (χ1n) is 11.6. The number of ether oxygens (including phenoxy) is 1. The van der Waals surface area contributed by atoms with Crippen molar-refractivity contribution in [2.75, 3.05) is 35.7 Å². The van der Waals surface area contributed by atoms with Crippen LogP contribution in [0.1, 0.15) is 33.3 Å². The number of likely N-dealkylation sites (N-methyl/N-ethyl adjacent to an activating group) is 1. The van der Waals surface area contributed by atoms with Gasteiger partial charge < -0.3 is 20.3 Å². The Morgan fingerprint density at radius 3 is 2.43 bits per heavy atom. The summed E-state index contributed by atoms with van der Waals surface area (Å²) in [5, 5.41) is 12.0. The van der Waals surface area contributed by atoms with Crippen molar-refractivity contribution in [1.82, 2.24) is 14.6 Å². The van der Waals surface area contributed by atoms with E-state index in [0.717, 1.165) is 33.5 Å². The zero-order chi connectivity index (χ0) is 25.2. The van der Waals surface area contributed by atoms with Crippen molar-refractivity contribution >= 4 is 38.8 Å². The van der Waals surface area contributed by atoms with E-state index in [2.05, 4.69) is 62.6 Å². The van der Waals surface area contributed by atoms with Crippen LogP contribution in [0.2, 0.25) is 0 Å². The zero-order valence-corrected chi connectivity index (χ0v) is 21.9. The molecule has 0 spiro atoms. The molecule has 8 nitrogen and oxygen atoms in total. The number of aromatic nitrogens is 3. The van der Waals surface area contributed by atoms with E-state index in [1.54, 1.807) is 0 Å². The Labute approximate surface area is 209 Å². The molecule has 2 aromatic carbocycles. The molecule has 0 fully saturated rings. The number of amides is 1. The highest BCUT2D eigenvalue weighted by Crippen LogP contribution is 2.34. The lowest BCUT2D eigenvalue weighted by Gasteiger charge is -2.22. The predicted molar refractivity (Wildman–Crippen MR) is 144 cm³/mol. The van der Waals surface area contributed by atoms with Gasteiger partial charge in [0.05, 0.1) is 13.2 Å². The van der Waals surface area contributed by atoms with Crippen LogP contribution in [0.4, 0.5) is 16.6 Å². The van der Waals surface area contributed by atoms with Gasteiger partial charge in [-0.1, -0.05) is 41.2 Å². The molecule has 2 aromatic heterocycles. The Morgan fingerprint density at radius 2 is 1.80 bits per heavy atom. The summed E-state index contributed by atoms with van der Waals surface area (Å²) in [4.78, 5) is 20.1. The van der Waals surface area contributed by atoms with Crippen LogP contribution >= 0.6 is 11.3 Å². The van der Waals surface area contributed by atoms with Crippen molar-refractivity contribution in [3.8, 4) is 17.0 Å². The van der Waals surface area contributed by atoms with Gasteiger partial charge in [-0.15, -0.1) is 5.10 Å². The lowest BCUT2D eigenvalue weighted by atomic mass is 10.1. The minimum absolute atomic E-state index is 0.127. The topological polar surface area (TPSA) is 83.8 Å². The number of hydrogen-bond acceptors (Lipinski definition) is 7. The first kappa shape index (κ1) is 24.5. The molecule has 0 aliphatic carbocycles. The lowest BCUT2D eigenvalue weighted by Crippen LogP contribution is -2.30. The molecule has 0 bridgehead atoms. The maximum atomic E-state index is 12.6. The summed E-state index contributed by atoms with van der Waals surface area (Å²) in [6, 6.07) is 15.7. The Hall–Kier alpha value is -3.59. The number of benzene rings is 2. The minimum Gasteiger partial charge on any atom is -0.494 e. The summed E-state index contributed by atoms with van der Waals surface area (Å²) in [6.45, 7) is 11.1. The van der Waals surface area contributed by atoms with Crippen molar-refractivity contribution in [2.24, 2.45) is 0 Å². The van der Waals surface area contributed by atoms with Crippen LogP contribution in [0.3, 0.4) is 0 Å². The summed E-state index contributed by atoms with van der Waals surface area (Å²) in [7, 11) is 1.85. The monoisotopic (exact) mass is 492 g/mol. The van der Waals surface area contributed by atoms with Gasteiger partial charge in [-0.2, -0.15) is 4.52 Å². The molecule has 0 aliphatic heterocycles. The van der Waals surface area contributed by atoms with Crippen LogP contribution in [-0.2, 0) is 4.79 Å². The largest absolute Gasteiger partial charge is 0.494 e. The van der Waals surface area contributed by atoms with Crippen LogP contribution in [0, 0.1) is 6.92 Å². The molecule has 2 heterocycles. The maximum Gasteiger partial charge on any atom is 0.243 e. The van der Waals surface area contributed by atoms with Crippen molar-refractivity contribution in [3.05, 3.63) is 54.1 Å². The number of anilines is 3. The molecular formula is C26H32N6O2S. The van der Waals surface area contributed by atoms with E-state index in [4.69, 9.17) is 14.8 Å². The molecule has 9 heteroatoms. The van der Waals surface area contributed by atoms with E-state index in [-0.39, 0.29) is 18.0 Å². The van der Waals surface area contributed by atoms with Crippen molar-refractivity contribution in [1.29, 1.82) is 0 Å². The van der Waals surface area contributed by atoms with Gasteiger partial charge in [-0.3, -0.25) is 4.79 Å². The number of nitrogens with zero attached hydrogens (tertiary/aromatic N) is 4. The van der Waals surface area contributed by atoms with Crippen molar-refractivity contribution in [3.63, 3.8) is 0 Å². The Bertz CT molecular complexity index is 1300. The van der Waals surface area contributed by atoms with Gasteiger partial charge >= 0.3 is 0 Å². The van der Waals surface area contributed by atoms with Gasteiger partial charge in [0.1, 0.15) is 11.4 Å². The van der Waals surface area contributed by atoms with Crippen molar-refractivity contribution < 1.29 is 9.53 Å². The van der Waals surface area contributed by atoms with Crippen LogP contribution in [-0.4, -0.2) is 46.2 Å². The van der Waals surface area contributed by atoms with E-state index in [1.807, 2.05) is 47.7 Å². The normalized spacial score (nSPS) is 11.5. The number of carbonyl (C=O) groups excluding carboxylic acids is 1. The van der Waals surface area contributed by atoms with Crippen LogP contribution in [0.25, 0.3) is 16.2 Å². The molecule has 0 radical (unpaired) electrons. The molecule has 1 amide bonds. The number of aryl methyl sites for hydroxylation is 1. The molecule has 0 aliphatic rings. The fourth-order valence-corrected chi connectivity index (χ4v) is 4.42. The Kier molecular flexibility index (Phi) is 6.98. The standard InChI is InChI=1S/C26H32N6O2S/c1-7-34-20-14-12-19(13-15-20)27-21(33)16-31(6)25-30-32-23(29-26(3,4)5)22(28-24(32)35-25)18-10-8-17(2)9-11-18/h8-15,29H,7,16H2,1-6H3,(H,27,33). The average Bonchev–Trinajstić information content (AvgIpc) is 3.34. The first-order valence-corrected chi connectivity index (χ1v) is 12.4. The highest BCUT2D eigenvalue weighted by atomic mass is 32.1. The molecule has 0 saturated carbocycles. The fourth-order valence-electron chi connectivity index (χ4n) is 3.56. The Balaban J connectivity index is 1.54. The molecule has 35 heavy (non-hydrogen) atoms. The van der Waals surface area contributed by atoms with Crippen LogP contribution in [0.5, 0.6) is 5.75 Å². The summed E-state index contributed by atoms with van der Waals surface area (Å²) in [6.07, 6.45) is 0. The third kappa shape index (κ3) is 5.92. The highest BCUT2D eigenvalue weighted by Gasteiger charge is 2.23. The molecule has 184 valence electrons. The second-order valence-electron chi connectivity index (χ2n) is 9.49. The molecular weight excluding hydrogens is 460 g/mol. The van der Waals surface area contributed by atoms with E-state index >= 15 is 0 Å². The second-order valence-corrected chi connectivity index (χ2v) is 10.4. The van der Waals surface area contributed by atoms with E-state index in [0.29, 0.717) is 11.7 Å². The average molecular weight is 493 g/mol. The van der Waals surface area contributed by atoms with E-state index < -0.39 is 0 Å². The molecule has 0 saturated heterocycles. The highest BCUT2D eigenvalue weighted by molar-refractivity contribution is 7.20. The number of imidazole rings is 1. The van der Waals surface area contributed by atoms with Gasteiger partial charge in [0, 0.05) is 23.8 Å². The van der Waals surface area contributed by atoms with Gasteiger partial charge in [-0.25, -0.2) is 4.98 Å². The third-order valence-corrected chi connectivity index (χ3v) is 6.19. The van der Waals surface area contributed by atoms with Gasteiger partial charge in [0.2, 0.25) is 16.0 Å². The smallest absolute Gasteiger partial charge is 0.243 e. The number of nitrogens with one attached hydrogen (secondary N) is 2. The third-order valence-electron chi connectivity index (χ3n) is 5.17. The SMILES string of the molecule is CCOc1ccc(NC(=O)CN(C)c2nn3c(NC(C)(C)C)c(-c4ccc(C)cc4)nc3s2)cc1. The molecule has 0 atom stereocenters. The van der Waals surface area contributed by atoms with Gasteiger partial charge in [-0.05, 0) is 58.9 Å². The Morgan fingerprint density at radius 1 is 1.11 bits per heavy atom. The van der Waals surface area contributed by atoms with Crippen LogP contribution in [0.15, 0.2) is 48.5 Å².